The van der Waals surface area contributed by atoms with Crippen molar-refractivity contribution in [3.05, 3.63) is 48.6 Å². The third kappa shape index (κ3) is 3.21. The number of nitrogens with zero attached hydrogens (tertiary/aromatic N) is 1. The number of carbonyl (C=O) groups excluding carboxylic acids is 1. The molecule has 16 heavy (non-hydrogen) atoms. The van der Waals surface area contributed by atoms with Crippen LogP contribution in [-0.4, -0.2) is 25.1 Å². The molecule has 1 atom stereocenters. The van der Waals surface area contributed by atoms with Crippen LogP contribution in [0.2, 0.25) is 0 Å². The fourth-order valence-electron chi connectivity index (χ4n) is 1.46. The SMILES string of the molecule is C=CC(CC(=O)N(C)OC)c1ccccc1. The maximum atomic E-state index is 11.7. The molecule has 0 fully saturated rings. The first kappa shape index (κ1) is 12.5. The Labute approximate surface area is 96.3 Å². The lowest BCUT2D eigenvalue weighted by atomic mass is 9.95. The quantitative estimate of drug-likeness (QED) is 0.562. The van der Waals surface area contributed by atoms with Crippen molar-refractivity contribution in [1.29, 1.82) is 0 Å². The zero-order valence-corrected chi connectivity index (χ0v) is 9.72. The molecule has 0 aliphatic heterocycles. The largest absolute Gasteiger partial charge is 0.275 e. The van der Waals surface area contributed by atoms with Crippen molar-refractivity contribution in [3.63, 3.8) is 0 Å². The summed E-state index contributed by atoms with van der Waals surface area (Å²) in [6, 6.07) is 9.85. The fraction of sp³-hybridized carbons (Fsp3) is 0.308. The molecule has 1 amide bonds. The van der Waals surface area contributed by atoms with Crippen molar-refractivity contribution >= 4 is 5.91 Å². The Morgan fingerprint density at radius 1 is 1.50 bits per heavy atom. The lowest BCUT2D eigenvalue weighted by molar-refractivity contribution is -0.168. The van der Waals surface area contributed by atoms with E-state index in [0.29, 0.717) is 6.42 Å². The third-order valence-electron chi connectivity index (χ3n) is 2.53. The maximum Gasteiger partial charge on any atom is 0.246 e. The van der Waals surface area contributed by atoms with Crippen LogP contribution < -0.4 is 0 Å². The number of hydrogen-bond donors (Lipinski definition) is 0. The van der Waals surface area contributed by atoms with Gasteiger partial charge in [0.15, 0.2) is 0 Å². The van der Waals surface area contributed by atoms with E-state index >= 15 is 0 Å². The van der Waals surface area contributed by atoms with E-state index < -0.39 is 0 Å². The number of benzene rings is 1. The lowest BCUT2D eigenvalue weighted by Gasteiger charge is -2.17. The van der Waals surface area contributed by atoms with Crippen LogP contribution in [-0.2, 0) is 9.63 Å². The van der Waals surface area contributed by atoms with Crippen molar-refractivity contribution in [3.8, 4) is 0 Å². The van der Waals surface area contributed by atoms with Gasteiger partial charge in [0, 0.05) is 19.4 Å². The maximum absolute atomic E-state index is 11.7. The molecule has 1 aromatic rings. The molecule has 0 saturated carbocycles. The van der Waals surface area contributed by atoms with Gasteiger partial charge in [0.25, 0.3) is 0 Å². The molecule has 1 aromatic carbocycles. The van der Waals surface area contributed by atoms with Gasteiger partial charge in [0.1, 0.15) is 0 Å². The van der Waals surface area contributed by atoms with E-state index in [1.165, 1.54) is 12.2 Å². The molecule has 86 valence electrons. The summed E-state index contributed by atoms with van der Waals surface area (Å²) in [6.07, 6.45) is 2.16. The summed E-state index contributed by atoms with van der Waals surface area (Å²) in [6.45, 7) is 3.76. The summed E-state index contributed by atoms with van der Waals surface area (Å²) in [5.41, 5.74) is 1.09. The van der Waals surface area contributed by atoms with Crippen molar-refractivity contribution in [2.75, 3.05) is 14.2 Å². The van der Waals surface area contributed by atoms with Gasteiger partial charge in [-0.3, -0.25) is 9.63 Å². The predicted molar refractivity (Wildman–Crippen MR) is 63.8 cm³/mol. The molecule has 3 nitrogen and oxygen atoms in total. The smallest absolute Gasteiger partial charge is 0.246 e. The van der Waals surface area contributed by atoms with Crippen molar-refractivity contribution in [1.82, 2.24) is 5.06 Å². The Kier molecular flexibility index (Phi) is 4.73. The van der Waals surface area contributed by atoms with Crippen LogP contribution in [0.25, 0.3) is 0 Å². The molecular formula is C13H17NO2. The minimum Gasteiger partial charge on any atom is -0.275 e. The Morgan fingerprint density at radius 3 is 2.62 bits per heavy atom. The fourth-order valence-corrected chi connectivity index (χ4v) is 1.46. The molecule has 3 heteroatoms. The van der Waals surface area contributed by atoms with Gasteiger partial charge in [-0.15, -0.1) is 6.58 Å². The summed E-state index contributed by atoms with van der Waals surface area (Å²) in [4.78, 5) is 16.5. The number of allylic oxidation sites excluding steroid dienone is 1. The Morgan fingerprint density at radius 2 is 2.12 bits per heavy atom. The van der Waals surface area contributed by atoms with E-state index in [4.69, 9.17) is 4.84 Å². The molecule has 0 saturated heterocycles. The number of rotatable bonds is 5. The first-order valence-electron chi connectivity index (χ1n) is 5.17. The highest BCUT2D eigenvalue weighted by Crippen LogP contribution is 2.21. The molecular weight excluding hydrogens is 202 g/mol. The Bertz CT molecular complexity index is 348. The first-order valence-corrected chi connectivity index (χ1v) is 5.17. The minimum absolute atomic E-state index is 0.0336. The number of hydrogen-bond acceptors (Lipinski definition) is 2. The van der Waals surface area contributed by atoms with Gasteiger partial charge >= 0.3 is 0 Å². The van der Waals surface area contributed by atoms with Gasteiger partial charge in [0.2, 0.25) is 5.91 Å². The van der Waals surface area contributed by atoms with Gasteiger partial charge in [-0.1, -0.05) is 36.4 Å². The van der Waals surface area contributed by atoms with Crippen LogP contribution in [0.15, 0.2) is 43.0 Å². The minimum atomic E-state index is -0.0590. The molecule has 0 bridgehead atoms. The monoisotopic (exact) mass is 219 g/mol. The summed E-state index contributed by atoms with van der Waals surface area (Å²) >= 11 is 0. The molecule has 1 unspecified atom stereocenters. The highest BCUT2D eigenvalue weighted by Gasteiger charge is 2.15. The van der Waals surface area contributed by atoms with Crippen LogP contribution in [0.4, 0.5) is 0 Å². The summed E-state index contributed by atoms with van der Waals surface area (Å²) in [7, 11) is 3.08. The molecule has 0 aliphatic rings. The highest BCUT2D eigenvalue weighted by atomic mass is 16.7. The second-order valence-corrected chi connectivity index (χ2v) is 3.53. The van der Waals surface area contributed by atoms with Crippen LogP contribution in [0.1, 0.15) is 17.9 Å². The average Bonchev–Trinajstić information content (AvgIpc) is 2.35. The third-order valence-corrected chi connectivity index (χ3v) is 2.53. The van der Waals surface area contributed by atoms with Crippen molar-refractivity contribution < 1.29 is 9.63 Å². The molecule has 1 rings (SSSR count). The molecule has 0 N–H and O–H groups in total. The number of amides is 1. The average molecular weight is 219 g/mol. The van der Waals surface area contributed by atoms with Crippen molar-refractivity contribution in [2.45, 2.75) is 12.3 Å². The van der Waals surface area contributed by atoms with E-state index in [-0.39, 0.29) is 11.8 Å². The highest BCUT2D eigenvalue weighted by molar-refractivity contribution is 5.76. The topological polar surface area (TPSA) is 29.5 Å². The Balaban J connectivity index is 2.70. The number of hydroxylamine groups is 2. The second kappa shape index (κ2) is 6.08. The van der Waals surface area contributed by atoms with Crippen LogP contribution in [0.3, 0.4) is 0 Å². The molecule has 0 spiro atoms. The molecule has 0 heterocycles. The summed E-state index contributed by atoms with van der Waals surface area (Å²) in [5, 5.41) is 1.24. The second-order valence-electron chi connectivity index (χ2n) is 3.53. The number of carbonyl (C=O) groups is 1. The van der Waals surface area contributed by atoms with Crippen LogP contribution in [0, 0.1) is 0 Å². The zero-order valence-electron chi connectivity index (χ0n) is 9.72. The van der Waals surface area contributed by atoms with Gasteiger partial charge in [-0.05, 0) is 5.56 Å². The first-order chi connectivity index (χ1) is 7.69. The van der Waals surface area contributed by atoms with Crippen LogP contribution in [0.5, 0.6) is 0 Å². The van der Waals surface area contributed by atoms with E-state index in [0.717, 1.165) is 5.56 Å². The van der Waals surface area contributed by atoms with Gasteiger partial charge in [-0.25, -0.2) is 5.06 Å². The van der Waals surface area contributed by atoms with E-state index in [9.17, 15) is 4.79 Å². The van der Waals surface area contributed by atoms with E-state index in [1.807, 2.05) is 30.3 Å². The van der Waals surface area contributed by atoms with Gasteiger partial charge in [0.05, 0.1) is 7.11 Å². The molecule has 0 radical (unpaired) electrons. The Hall–Kier alpha value is -1.61. The van der Waals surface area contributed by atoms with Gasteiger partial charge < -0.3 is 0 Å². The van der Waals surface area contributed by atoms with E-state index in [2.05, 4.69) is 6.58 Å². The zero-order chi connectivity index (χ0) is 12.0. The normalized spacial score (nSPS) is 11.9. The molecule has 0 aliphatic carbocycles. The van der Waals surface area contributed by atoms with Gasteiger partial charge in [-0.2, -0.15) is 0 Å². The van der Waals surface area contributed by atoms with E-state index in [1.54, 1.807) is 13.1 Å². The van der Waals surface area contributed by atoms with Crippen LogP contribution >= 0.6 is 0 Å². The molecule has 0 aromatic heterocycles. The lowest BCUT2D eigenvalue weighted by Crippen LogP contribution is -2.26. The standard InChI is InChI=1S/C13H17NO2/c1-4-11(10-13(15)14(2)16-3)12-8-6-5-7-9-12/h4-9,11H,1,10H2,2-3H3. The predicted octanol–water partition coefficient (Wildman–Crippen LogP) is 2.37. The summed E-state index contributed by atoms with van der Waals surface area (Å²) < 4.78 is 0. The summed E-state index contributed by atoms with van der Waals surface area (Å²) in [5.74, 6) is -0.0254. The van der Waals surface area contributed by atoms with Crippen molar-refractivity contribution in [2.24, 2.45) is 0 Å².